The first-order chi connectivity index (χ1) is 9.08. The maximum Gasteiger partial charge on any atom is 0.253 e. The van der Waals surface area contributed by atoms with E-state index in [-0.39, 0.29) is 17.8 Å². The van der Waals surface area contributed by atoms with Crippen LogP contribution in [0.5, 0.6) is 0 Å². The third-order valence-electron chi connectivity index (χ3n) is 2.54. The Balaban J connectivity index is 2.10. The van der Waals surface area contributed by atoms with Crippen molar-refractivity contribution in [3.63, 3.8) is 0 Å². The highest BCUT2D eigenvalue weighted by atomic mass is 19.2. The van der Waals surface area contributed by atoms with E-state index < -0.39 is 17.5 Å². The van der Waals surface area contributed by atoms with Gasteiger partial charge in [-0.3, -0.25) is 9.78 Å². The molecule has 0 fully saturated rings. The lowest BCUT2D eigenvalue weighted by Crippen LogP contribution is -2.24. The van der Waals surface area contributed by atoms with Crippen molar-refractivity contribution in [2.24, 2.45) is 0 Å². The van der Waals surface area contributed by atoms with Gasteiger partial charge < -0.3 is 11.1 Å². The van der Waals surface area contributed by atoms with E-state index in [0.29, 0.717) is 0 Å². The van der Waals surface area contributed by atoms with E-state index in [2.05, 4.69) is 10.3 Å². The molecule has 6 heteroatoms. The first-order valence-corrected chi connectivity index (χ1v) is 5.49. The SMILES string of the molecule is Nc1cc(F)c(F)cc1C(=O)NCc1ccncc1. The molecule has 0 unspecified atom stereocenters. The van der Waals surface area contributed by atoms with Crippen LogP contribution >= 0.6 is 0 Å². The average molecular weight is 263 g/mol. The summed E-state index contributed by atoms with van der Waals surface area (Å²) in [5.41, 5.74) is 6.12. The van der Waals surface area contributed by atoms with Crippen LogP contribution in [0.4, 0.5) is 14.5 Å². The Labute approximate surface area is 108 Å². The molecular weight excluding hydrogens is 252 g/mol. The van der Waals surface area contributed by atoms with Crippen molar-refractivity contribution in [1.29, 1.82) is 0 Å². The number of pyridine rings is 1. The molecule has 0 aliphatic carbocycles. The lowest BCUT2D eigenvalue weighted by Gasteiger charge is -2.08. The van der Waals surface area contributed by atoms with Crippen LogP contribution in [0.15, 0.2) is 36.7 Å². The number of halogens is 2. The van der Waals surface area contributed by atoms with Gasteiger partial charge in [0.2, 0.25) is 0 Å². The van der Waals surface area contributed by atoms with Crippen LogP contribution in [-0.2, 0) is 6.54 Å². The van der Waals surface area contributed by atoms with E-state index in [9.17, 15) is 13.6 Å². The Bertz CT molecular complexity index is 602. The van der Waals surface area contributed by atoms with Gasteiger partial charge in [0, 0.05) is 30.7 Å². The summed E-state index contributed by atoms with van der Waals surface area (Å²) in [7, 11) is 0. The lowest BCUT2D eigenvalue weighted by molar-refractivity contribution is 0.0951. The maximum absolute atomic E-state index is 13.1. The molecule has 4 nitrogen and oxygen atoms in total. The molecule has 3 N–H and O–H groups in total. The first-order valence-electron chi connectivity index (χ1n) is 5.49. The molecule has 0 spiro atoms. The van der Waals surface area contributed by atoms with Gasteiger partial charge in [0.15, 0.2) is 11.6 Å². The van der Waals surface area contributed by atoms with E-state index in [1.165, 1.54) is 0 Å². The molecule has 1 aromatic carbocycles. The van der Waals surface area contributed by atoms with E-state index in [4.69, 9.17) is 5.73 Å². The van der Waals surface area contributed by atoms with Crippen molar-refractivity contribution in [2.75, 3.05) is 5.73 Å². The Morgan fingerprint density at radius 3 is 2.53 bits per heavy atom. The van der Waals surface area contributed by atoms with Gasteiger partial charge in [-0.1, -0.05) is 0 Å². The number of aromatic nitrogens is 1. The van der Waals surface area contributed by atoms with Crippen LogP contribution in [0.2, 0.25) is 0 Å². The Kier molecular flexibility index (Phi) is 3.70. The molecule has 0 saturated heterocycles. The minimum Gasteiger partial charge on any atom is -0.398 e. The summed E-state index contributed by atoms with van der Waals surface area (Å²) in [5.74, 6) is -2.75. The number of rotatable bonds is 3. The highest BCUT2D eigenvalue weighted by molar-refractivity contribution is 5.99. The van der Waals surface area contributed by atoms with Gasteiger partial charge in [-0.2, -0.15) is 0 Å². The number of hydrogen-bond acceptors (Lipinski definition) is 3. The normalized spacial score (nSPS) is 10.2. The quantitative estimate of drug-likeness (QED) is 0.831. The predicted molar refractivity (Wildman–Crippen MR) is 66.2 cm³/mol. The zero-order valence-corrected chi connectivity index (χ0v) is 9.86. The van der Waals surface area contributed by atoms with Gasteiger partial charge >= 0.3 is 0 Å². The average Bonchev–Trinajstić information content (AvgIpc) is 2.41. The number of nitrogen functional groups attached to an aromatic ring is 1. The number of anilines is 1. The zero-order chi connectivity index (χ0) is 13.8. The molecule has 0 atom stereocenters. The van der Waals surface area contributed by atoms with E-state index in [1.54, 1.807) is 24.5 Å². The van der Waals surface area contributed by atoms with Crippen molar-refractivity contribution >= 4 is 11.6 Å². The molecule has 0 saturated carbocycles. The second kappa shape index (κ2) is 5.43. The fourth-order valence-corrected chi connectivity index (χ4v) is 1.54. The Morgan fingerprint density at radius 1 is 1.21 bits per heavy atom. The van der Waals surface area contributed by atoms with Crippen LogP contribution in [0.3, 0.4) is 0 Å². The van der Waals surface area contributed by atoms with Gasteiger partial charge in [-0.25, -0.2) is 8.78 Å². The largest absolute Gasteiger partial charge is 0.398 e. The molecule has 0 aliphatic rings. The summed E-state index contributed by atoms with van der Waals surface area (Å²) in [6.07, 6.45) is 3.18. The molecule has 0 bridgehead atoms. The van der Waals surface area contributed by atoms with E-state index >= 15 is 0 Å². The minimum atomic E-state index is -1.11. The second-order valence-electron chi connectivity index (χ2n) is 3.89. The summed E-state index contributed by atoms with van der Waals surface area (Å²) in [6.45, 7) is 0.250. The molecule has 1 amide bonds. The first kappa shape index (κ1) is 12.9. The van der Waals surface area contributed by atoms with Gasteiger partial charge in [0.05, 0.1) is 5.56 Å². The number of nitrogens with zero attached hydrogens (tertiary/aromatic N) is 1. The van der Waals surface area contributed by atoms with Gasteiger partial charge in [0.1, 0.15) is 0 Å². The number of hydrogen-bond donors (Lipinski definition) is 2. The Hall–Kier alpha value is -2.50. The Morgan fingerprint density at radius 2 is 1.84 bits per heavy atom. The van der Waals surface area contributed by atoms with Crippen LogP contribution in [0, 0.1) is 11.6 Å². The van der Waals surface area contributed by atoms with E-state index in [1.807, 2.05) is 0 Å². The third-order valence-corrected chi connectivity index (χ3v) is 2.54. The number of amides is 1. The van der Waals surface area contributed by atoms with E-state index in [0.717, 1.165) is 17.7 Å². The molecule has 1 heterocycles. The standard InChI is InChI=1S/C13H11F2N3O/c14-10-5-9(12(16)6-11(10)15)13(19)18-7-8-1-3-17-4-2-8/h1-6H,7,16H2,(H,18,19). The van der Waals surface area contributed by atoms with Gasteiger partial charge in [0.25, 0.3) is 5.91 Å². The van der Waals surface area contributed by atoms with Crippen LogP contribution in [0.1, 0.15) is 15.9 Å². The third kappa shape index (κ3) is 3.04. The molecule has 1 aromatic heterocycles. The van der Waals surface area contributed by atoms with Crippen LogP contribution < -0.4 is 11.1 Å². The van der Waals surface area contributed by atoms with Crippen molar-refractivity contribution in [3.05, 3.63) is 59.4 Å². The zero-order valence-electron chi connectivity index (χ0n) is 9.86. The summed E-state index contributed by atoms with van der Waals surface area (Å²) in [6, 6.07) is 5.03. The monoisotopic (exact) mass is 263 g/mol. The van der Waals surface area contributed by atoms with Gasteiger partial charge in [-0.15, -0.1) is 0 Å². The number of carbonyl (C=O) groups is 1. The summed E-state index contributed by atoms with van der Waals surface area (Å²) < 4.78 is 25.9. The fourth-order valence-electron chi connectivity index (χ4n) is 1.54. The molecule has 2 aromatic rings. The number of carbonyl (C=O) groups excluding carboxylic acids is 1. The van der Waals surface area contributed by atoms with Crippen molar-refractivity contribution < 1.29 is 13.6 Å². The van der Waals surface area contributed by atoms with Crippen molar-refractivity contribution in [2.45, 2.75) is 6.54 Å². The fraction of sp³-hybridized carbons (Fsp3) is 0.0769. The summed E-state index contributed by atoms with van der Waals surface area (Å²) in [5, 5.41) is 2.57. The topological polar surface area (TPSA) is 68.0 Å². The molecule has 0 aliphatic heterocycles. The molecule has 0 radical (unpaired) electrons. The number of nitrogens with one attached hydrogen (secondary N) is 1. The number of benzene rings is 1. The highest BCUT2D eigenvalue weighted by Gasteiger charge is 2.13. The molecule has 98 valence electrons. The summed E-state index contributed by atoms with van der Waals surface area (Å²) in [4.78, 5) is 15.6. The second-order valence-corrected chi connectivity index (χ2v) is 3.89. The lowest BCUT2D eigenvalue weighted by atomic mass is 10.1. The van der Waals surface area contributed by atoms with Crippen molar-refractivity contribution in [3.8, 4) is 0 Å². The molecule has 19 heavy (non-hydrogen) atoms. The van der Waals surface area contributed by atoms with Crippen LogP contribution in [0.25, 0.3) is 0 Å². The smallest absolute Gasteiger partial charge is 0.253 e. The molecule has 2 rings (SSSR count). The maximum atomic E-state index is 13.1. The highest BCUT2D eigenvalue weighted by Crippen LogP contribution is 2.17. The summed E-state index contributed by atoms with van der Waals surface area (Å²) >= 11 is 0. The number of nitrogens with two attached hydrogens (primary N) is 1. The van der Waals surface area contributed by atoms with Gasteiger partial charge in [-0.05, 0) is 23.8 Å². The van der Waals surface area contributed by atoms with Crippen molar-refractivity contribution in [1.82, 2.24) is 10.3 Å². The predicted octanol–water partition coefficient (Wildman–Crippen LogP) is 1.87. The van der Waals surface area contributed by atoms with Crippen LogP contribution in [-0.4, -0.2) is 10.9 Å². The molecular formula is C13H11F2N3O. The minimum absolute atomic E-state index is 0.0899.